The third-order valence-corrected chi connectivity index (χ3v) is 6.08. The van der Waals surface area contributed by atoms with Crippen molar-refractivity contribution < 1.29 is 9.59 Å². The van der Waals surface area contributed by atoms with E-state index in [4.69, 9.17) is 0 Å². The first-order valence-electron chi connectivity index (χ1n) is 10.6. The summed E-state index contributed by atoms with van der Waals surface area (Å²) in [5.74, 6) is 0.569. The molecule has 4 nitrogen and oxygen atoms in total. The minimum atomic E-state index is -0.274. The molecule has 0 atom stereocenters. The van der Waals surface area contributed by atoms with Crippen LogP contribution in [0.3, 0.4) is 0 Å². The Balaban J connectivity index is 2.21. The molecule has 0 saturated heterocycles. The first-order chi connectivity index (χ1) is 12.9. The van der Waals surface area contributed by atoms with E-state index < -0.39 is 0 Å². The number of hydrogen-bond donors (Lipinski definition) is 2. The minimum Gasteiger partial charge on any atom is -0.324 e. The molecule has 1 aromatic carbocycles. The second kappa shape index (κ2) is 9.91. The van der Waals surface area contributed by atoms with Crippen molar-refractivity contribution in [1.29, 1.82) is 0 Å². The number of para-hydroxylation sites is 2. The van der Waals surface area contributed by atoms with Crippen LogP contribution in [0.1, 0.15) is 79.1 Å². The average molecular weight is 373 g/mol. The molecule has 0 aromatic heterocycles. The molecule has 1 fully saturated rings. The van der Waals surface area contributed by atoms with Crippen LogP contribution in [-0.4, -0.2) is 11.8 Å². The molecular formula is C23H36N2O2. The zero-order valence-electron chi connectivity index (χ0n) is 17.4. The van der Waals surface area contributed by atoms with Gasteiger partial charge in [-0.3, -0.25) is 9.59 Å². The Labute approximate surface area is 164 Å². The summed E-state index contributed by atoms with van der Waals surface area (Å²) in [5.41, 5.74) is 1.11. The van der Waals surface area contributed by atoms with Crippen molar-refractivity contribution in [3.05, 3.63) is 24.3 Å². The topological polar surface area (TPSA) is 58.2 Å². The van der Waals surface area contributed by atoms with Gasteiger partial charge in [-0.25, -0.2) is 0 Å². The maximum absolute atomic E-state index is 13.4. The SMILES string of the molecule is CCC(CC)CC1(C(=O)Nc2ccccc2NC(=O)C(C)C)CCCCC1. The molecule has 0 unspecified atom stereocenters. The summed E-state index contributed by atoms with van der Waals surface area (Å²) in [5, 5.41) is 6.11. The summed E-state index contributed by atoms with van der Waals surface area (Å²) in [6.45, 7) is 8.17. The van der Waals surface area contributed by atoms with E-state index in [2.05, 4.69) is 24.5 Å². The Morgan fingerprint density at radius 2 is 1.52 bits per heavy atom. The molecule has 4 heteroatoms. The van der Waals surface area contributed by atoms with E-state index in [0.717, 1.165) is 44.9 Å². The van der Waals surface area contributed by atoms with Crippen LogP contribution >= 0.6 is 0 Å². The van der Waals surface area contributed by atoms with Gasteiger partial charge >= 0.3 is 0 Å². The van der Waals surface area contributed by atoms with E-state index in [0.29, 0.717) is 17.3 Å². The Morgan fingerprint density at radius 3 is 2.04 bits per heavy atom. The number of rotatable bonds is 8. The predicted molar refractivity (Wildman–Crippen MR) is 113 cm³/mol. The molecule has 1 aliphatic rings. The molecule has 2 rings (SSSR count). The molecule has 0 radical (unpaired) electrons. The van der Waals surface area contributed by atoms with Gasteiger partial charge in [0.1, 0.15) is 0 Å². The molecule has 0 aliphatic heterocycles. The molecular weight excluding hydrogens is 336 g/mol. The van der Waals surface area contributed by atoms with E-state index in [1.807, 2.05) is 38.1 Å². The molecule has 27 heavy (non-hydrogen) atoms. The van der Waals surface area contributed by atoms with Crippen LogP contribution in [0.25, 0.3) is 0 Å². The molecule has 1 saturated carbocycles. The zero-order chi connectivity index (χ0) is 19.9. The fourth-order valence-corrected chi connectivity index (χ4v) is 4.12. The van der Waals surface area contributed by atoms with Gasteiger partial charge in [0, 0.05) is 11.3 Å². The number of hydrogen-bond acceptors (Lipinski definition) is 2. The second-order valence-electron chi connectivity index (χ2n) is 8.37. The quantitative estimate of drug-likeness (QED) is 0.588. The van der Waals surface area contributed by atoms with Crippen molar-refractivity contribution in [1.82, 2.24) is 0 Å². The summed E-state index contributed by atoms with van der Waals surface area (Å²) in [6.07, 6.45) is 8.61. The minimum absolute atomic E-state index is 0.0406. The van der Waals surface area contributed by atoms with Gasteiger partial charge < -0.3 is 10.6 Å². The van der Waals surface area contributed by atoms with E-state index in [9.17, 15) is 9.59 Å². The van der Waals surface area contributed by atoms with Gasteiger partial charge in [0.2, 0.25) is 11.8 Å². The van der Waals surface area contributed by atoms with Crippen molar-refractivity contribution in [2.75, 3.05) is 10.6 Å². The standard InChI is InChI=1S/C23H36N2O2/c1-5-18(6-2)16-23(14-10-7-11-15-23)22(27)25-20-13-9-8-12-19(20)24-21(26)17(3)4/h8-9,12-13,17-18H,5-7,10-11,14-16H2,1-4H3,(H,24,26)(H,25,27). The number of anilines is 2. The van der Waals surface area contributed by atoms with Gasteiger partial charge in [-0.2, -0.15) is 0 Å². The average Bonchev–Trinajstić information content (AvgIpc) is 2.68. The highest BCUT2D eigenvalue weighted by molar-refractivity contribution is 6.01. The number of carbonyl (C=O) groups excluding carboxylic acids is 2. The highest BCUT2D eigenvalue weighted by Crippen LogP contribution is 2.44. The summed E-state index contributed by atoms with van der Waals surface area (Å²) in [6, 6.07) is 7.51. The third kappa shape index (κ3) is 5.57. The van der Waals surface area contributed by atoms with Crippen LogP contribution in [0, 0.1) is 17.3 Å². The largest absolute Gasteiger partial charge is 0.324 e. The lowest BCUT2D eigenvalue weighted by atomic mass is 9.67. The Kier molecular flexibility index (Phi) is 7.88. The lowest BCUT2D eigenvalue weighted by Gasteiger charge is -2.38. The second-order valence-corrected chi connectivity index (χ2v) is 8.37. The lowest BCUT2D eigenvalue weighted by molar-refractivity contribution is -0.128. The van der Waals surface area contributed by atoms with Gasteiger partial charge in [-0.05, 0) is 37.3 Å². The highest BCUT2D eigenvalue weighted by Gasteiger charge is 2.40. The van der Waals surface area contributed by atoms with Gasteiger partial charge in [0.15, 0.2) is 0 Å². The van der Waals surface area contributed by atoms with E-state index in [1.54, 1.807) is 0 Å². The van der Waals surface area contributed by atoms with E-state index in [-0.39, 0.29) is 23.1 Å². The van der Waals surface area contributed by atoms with Gasteiger partial charge in [-0.15, -0.1) is 0 Å². The van der Waals surface area contributed by atoms with E-state index in [1.165, 1.54) is 6.42 Å². The first kappa shape index (κ1) is 21.5. The van der Waals surface area contributed by atoms with Crippen molar-refractivity contribution in [3.8, 4) is 0 Å². The van der Waals surface area contributed by atoms with Gasteiger partial charge in [0.05, 0.1) is 11.4 Å². The van der Waals surface area contributed by atoms with Crippen LogP contribution in [0.2, 0.25) is 0 Å². The highest BCUT2D eigenvalue weighted by atomic mass is 16.2. The molecule has 0 heterocycles. The van der Waals surface area contributed by atoms with Crippen LogP contribution in [-0.2, 0) is 9.59 Å². The zero-order valence-corrected chi connectivity index (χ0v) is 17.4. The molecule has 150 valence electrons. The summed E-state index contributed by atoms with van der Waals surface area (Å²) >= 11 is 0. The molecule has 2 amide bonds. The van der Waals surface area contributed by atoms with Crippen molar-refractivity contribution in [3.63, 3.8) is 0 Å². The van der Waals surface area contributed by atoms with Gasteiger partial charge in [0.25, 0.3) is 0 Å². The fourth-order valence-electron chi connectivity index (χ4n) is 4.12. The van der Waals surface area contributed by atoms with Crippen molar-refractivity contribution >= 4 is 23.2 Å². The summed E-state index contributed by atoms with van der Waals surface area (Å²) < 4.78 is 0. The van der Waals surface area contributed by atoms with E-state index >= 15 is 0 Å². The maximum Gasteiger partial charge on any atom is 0.230 e. The van der Waals surface area contributed by atoms with Crippen LogP contribution < -0.4 is 10.6 Å². The maximum atomic E-state index is 13.4. The third-order valence-electron chi connectivity index (χ3n) is 6.08. The van der Waals surface area contributed by atoms with Crippen LogP contribution in [0.5, 0.6) is 0 Å². The summed E-state index contributed by atoms with van der Waals surface area (Å²) in [7, 11) is 0. The van der Waals surface area contributed by atoms with Crippen LogP contribution in [0.15, 0.2) is 24.3 Å². The molecule has 0 bridgehead atoms. The summed E-state index contributed by atoms with van der Waals surface area (Å²) in [4.78, 5) is 25.5. The first-order valence-corrected chi connectivity index (χ1v) is 10.6. The monoisotopic (exact) mass is 372 g/mol. The van der Waals surface area contributed by atoms with Crippen molar-refractivity contribution in [2.45, 2.75) is 79.1 Å². The predicted octanol–water partition coefficient (Wildman–Crippen LogP) is 6.00. The molecule has 1 aromatic rings. The molecule has 0 spiro atoms. The number of nitrogens with one attached hydrogen (secondary N) is 2. The Morgan fingerprint density at radius 1 is 0.963 bits per heavy atom. The Bertz CT molecular complexity index is 629. The molecule has 1 aliphatic carbocycles. The van der Waals surface area contributed by atoms with Crippen LogP contribution in [0.4, 0.5) is 11.4 Å². The fraction of sp³-hybridized carbons (Fsp3) is 0.652. The number of benzene rings is 1. The number of amides is 2. The van der Waals surface area contributed by atoms with Crippen molar-refractivity contribution in [2.24, 2.45) is 17.3 Å². The molecule has 2 N–H and O–H groups in total. The van der Waals surface area contributed by atoms with Gasteiger partial charge in [-0.1, -0.05) is 71.9 Å². The smallest absolute Gasteiger partial charge is 0.230 e. The number of carbonyl (C=O) groups is 2. The Hall–Kier alpha value is -1.84. The normalized spacial score (nSPS) is 16.4. The lowest BCUT2D eigenvalue weighted by Crippen LogP contribution is -2.39.